The lowest BCUT2D eigenvalue weighted by Gasteiger charge is -2.08. The number of nitrogens with zero attached hydrogens (tertiary/aromatic N) is 2. The van der Waals surface area contributed by atoms with Gasteiger partial charge in [0.2, 0.25) is 0 Å². The van der Waals surface area contributed by atoms with E-state index in [1.54, 1.807) is 0 Å². The molecule has 0 atom stereocenters. The molecule has 3 rings (SSSR count). The highest BCUT2D eigenvalue weighted by molar-refractivity contribution is 7.92. The van der Waals surface area contributed by atoms with Crippen molar-refractivity contribution in [1.29, 1.82) is 0 Å². The maximum atomic E-state index is 13.2. The van der Waals surface area contributed by atoms with Crippen molar-refractivity contribution in [1.82, 2.24) is 9.97 Å². The van der Waals surface area contributed by atoms with Crippen molar-refractivity contribution in [2.24, 2.45) is 0 Å². The van der Waals surface area contributed by atoms with Gasteiger partial charge in [0.1, 0.15) is 0 Å². The SMILES string of the molecule is O=S(=O)(Nc1cnc(-c2ccccc2)nc1)c1ccc(F)c(F)c1. The summed E-state index contributed by atoms with van der Waals surface area (Å²) in [6.45, 7) is 0. The normalized spacial score (nSPS) is 11.2. The Labute approximate surface area is 137 Å². The highest BCUT2D eigenvalue weighted by atomic mass is 32.2. The number of hydrogen-bond donors (Lipinski definition) is 1. The molecule has 3 aromatic rings. The fourth-order valence-corrected chi connectivity index (χ4v) is 3.01. The van der Waals surface area contributed by atoms with Crippen molar-refractivity contribution >= 4 is 15.7 Å². The van der Waals surface area contributed by atoms with Gasteiger partial charge in [0.25, 0.3) is 10.0 Å². The van der Waals surface area contributed by atoms with Gasteiger partial charge in [0.15, 0.2) is 17.5 Å². The second kappa shape index (κ2) is 6.32. The molecule has 0 fully saturated rings. The molecule has 122 valence electrons. The van der Waals surface area contributed by atoms with E-state index in [9.17, 15) is 17.2 Å². The van der Waals surface area contributed by atoms with Crippen LogP contribution in [-0.4, -0.2) is 18.4 Å². The number of sulfonamides is 1. The van der Waals surface area contributed by atoms with Gasteiger partial charge in [0, 0.05) is 5.56 Å². The quantitative estimate of drug-likeness (QED) is 0.786. The van der Waals surface area contributed by atoms with E-state index >= 15 is 0 Å². The molecule has 0 radical (unpaired) electrons. The van der Waals surface area contributed by atoms with Crippen molar-refractivity contribution in [2.75, 3.05) is 4.72 Å². The number of rotatable bonds is 4. The number of nitrogens with one attached hydrogen (secondary N) is 1. The summed E-state index contributed by atoms with van der Waals surface area (Å²) in [7, 11) is -4.07. The molecule has 0 aliphatic heterocycles. The van der Waals surface area contributed by atoms with Crippen LogP contribution >= 0.6 is 0 Å². The minimum atomic E-state index is -4.07. The third-order valence-electron chi connectivity index (χ3n) is 3.14. The molecule has 0 aliphatic rings. The van der Waals surface area contributed by atoms with Crippen molar-refractivity contribution in [3.63, 3.8) is 0 Å². The molecule has 2 aromatic carbocycles. The molecule has 1 aromatic heterocycles. The molecule has 0 bridgehead atoms. The molecular weight excluding hydrogens is 336 g/mol. The number of halogens is 2. The second-order valence-electron chi connectivity index (χ2n) is 4.84. The van der Waals surface area contributed by atoms with E-state index in [1.165, 1.54) is 12.4 Å². The number of hydrogen-bond acceptors (Lipinski definition) is 4. The van der Waals surface area contributed by atoms with Crippen molar-refractivity contribution in [2.45, 2.75) is 4.90 Å². The van der Waals surface area contributed by atoms with Gasteiger partial charge in [-0.25, -0.2) is 27.2 Å². The molecule has 0 unspecified atom stereocenters. The first kappa shape index (κ1) is 16.0. The smallest absolute Gasteiger partial charge is 0.262 e. The van der Waals surface area contributed by atoms with Crippen LogP contribution in [-0.2, 0) is 10.0 Å². The van der Waals surface area contributed by atoms with Crippen LogP contribution in [0.3, 0.4) is 0 Å². The van der Waals surface area contributed by atoms with Gasteiger partial charge >= 0.3 is 0 Å². The maximum absolute atomic E-state index is 13.2. The standard InChI is InChI=1S/C16H11F2N3O2S/c17-14-7-6-13(8-15(14)18)24(22,23)21-12-9-19-16(20-10-12)11-4-2-1-3-5-11/h1-10,21H. The summed E-state index contributed by atoms with van der Waals surface area (Å²) in [5, 5.41) is 0. The van der Waals surface area contributed by atoms with E-state index in [0.29, 0.717) is 11.9 Å². The van der Waals surface area contributed by atoms with Crippen LogP contribution < -0.4 is 4.72 Å². The summed E-state index contributed by atoms with van der Waals surface area (Å²) in [6.07, 6.45) is 2.60. The largest absolute Gasteiger partial charge is 0.276 e. The van der Waals surface area contributed by atoms with Gasteiger partial charge in [-0.2, -0.15) is 0 Å². The molecule has 0 saturated heterocycles. The zero-order chi connectivity index (χ0) is 17.2. The lowest BCUT2D eigenvalue weighted by Crippen LogP contribution is -2.14. The number of anilines is 1. The minimum Gasteiger partial charge on any atom is -0.276 e. The average Bonchev–Trinajstić information content (AvgIpc) is 2.58. The fourth-order valence-electron chi connectivity index (χ4n) is 1.98. The van der Waals surface area contributed by atoms with Gasteiger partial charge in [-0.3, -0.25) is 4.72 Å². The van der Waals surface area contributed by atoms with Crippen LogP contribution in [0.5, 0.6) is 0 Å². The van der Waals surface area contributed by atoms with E-state index in [-0.39, 0.29) is 5.69 Å². The molecular formula is C16H11F2N3O2S. The Kier molecular flexibility index (Phi) is 4.22. The first-order valence-electron chi connectivity index (χ1n) is 6.81. The van der Waals surface area contributed by atoms with Crippen LogP contribution in [0.25, 0.3) is 11.4 Å². The maximum Gasteiger partial charge on any atom is 0.262 e. The lowest BCUT2D eigenvalue weighted by atomic mass is 10.2. The van der Waals surface area contributed by atoms with E-state index in [1.807, 2.05) is 30.3 Å². The predicted molar refractivity (Wildman–Crippen MR) is 84.6 cm³/mol. The van der Waals surface area contributed by atoms with E-state index < -0.39 is 26.6 Å². The Morgan fingerprint density at radius 1 is 0.875 bits per heavy atom. The van der Waals surface area contributed by atoms with Gasteiger partial charge in [-0.05, 0) is 18.2 Å². The molecule has 0 spiro atoms. The Balaban J connectivity index is 1.84. The summed E-state index contributed by atoms with van der Waals surface area (Å²) in [4.78, 5) is 7.78. The van der Waals surface area contributed by atoms with Crippen molar-refractivity contribution in [3.05, 3.63) is 72.6 Å². The Bertz CT molecular complexity index is 962. The fraction of sp³-hybridized carbons (Fsp3) is 0. The predicted octanol–water partition coefficient (Wildman–Crippen LogP) is 3.22. The molecule has 5 nitrogen and oxygen atoms in total. The van der Waals surface area contributed by atoms with E-state index in [0.717, 1.165) is 17.7 Å². The monoisotopic (exact) mass is 347 g/mol. The van der Waals surface area contributed by atoms with Crippen molar-refractivity contribution in [3.8, 4) is 11.4 Å². The van der Waals surface area contributed by atoms with Crippen LogP contribution in [0.1, 0.15) is 0 Å². The zero-order valence-electron chi connectivity index (χ0n) is 12.1. The second-order valence-corrected chi connectivity index (χ2v) is 6.53. The topological polar surface area (TPSA) is 72.0 Å². The van der Waals surface area contributed by atoms with E-state index in [4.69, 9.17) is 0 Å². The van der Waals surface area contributed by atoms with Crippen LogP contribution in [0.2, 0.25) is 0 Å². The molecule has 24 heavy (non-hydrogen) atoms. The van der Waals surface area contributed by atoms with Crippen LogP contribution in [0.4, 0.5) is 14.5 Å². The average molecular weight is 347 g/mol. The summed E-state index contributed by atoms with van der Waals surface area (Å²) in [5.41, 5.74) is 0.895. The van der Waals surface area contributed by atoms with Gasteiger partial charge in [0.05, 0.1) is 23.0 Å². The van der Waals surface area contributed by atoms with E-state index in [2.05, 4.69) is 14.7 Å². The molecule has 8 heteroatoms. The third-order valence-corrected chi connectivity index (χ3v) is 4.52. The third kappa shape index (κ3) is 3.38. The molecule has 0 aliphatic carbocycles. The molecule has 1 N–H and O–H groups in total. The van der Waals surface area contributed by atoms with Crippen LogP contribution in [0.15, 0.2) is 65.8 Å². The first-order chi connectivity index (χ1) is 11.5. The highest BCUT2D eigenvalue weighted by Crippen LogP contribution is 2.19. The van der Waals surface area contributed by atoms with Crippen molar-refractivity contribution < 1.29 is 17.2 Å². The Hall–Kier alpha value is -2.87. The van der Waals surface area contributed by atoms with Gasteiger partial charge in [-0.15, -0.1) is 0 Å². The first-order valence-corrected chi connectivity index (χ1v) is 8.29. The molecule has 0 amide bonds. The summed E-state index contributed by atoms with van der Waals surface area (Å²) in [6, 6.07) is 11.5. The summed E-state index contributed by atoms with van der Waals surface area (Å²) < 4.78 is 52.7. The molecule has 1 heterocycles. The summed E-state index contributed by atoms with van der Waals surface area (Å²) in [5.74, 6) is -1.93. The zero-order valence-corrected chi connectivity index (χ0v) is 13.0. The highest BCUT2D eigenvalue weighted by Gasteiger charge is 2.17. The number of benzene rings is 2. The lowest BCUT2D eigenvalue weighted by molar-refractivity contribution is 0.504. The van der Waals surface area contributed by atoms with Gasteiger partial charge in [-0.1, -0.05) is 30.3 Å². The Morgan fingerprint density at radius 2 is 1.54 bits per heavy atom. The summed E-state index contributed by atoms with van der Waals surface area (Å²) >= 11 is 0. The Morgan fingerprint density at radius 3 is 2.17 bits per heavy atom. The molecule has 0 saturated carbocycles. The number of aromatic nitrogens is 2. The van der Waals surface area contributed by atoms with Crippen LogP contribution in [0, 0.1) is 11.6 Å². The minimum absolute atomic E-state index is 0.111. The van der Waals surface area contributed by atoms with Gasteiger partial charge < -0.3 is 0 Å².